The van der Waals surface area contributed by atoms with Crippen molar-refractivity contribution in [2.45, 2.75) is 38.5 Å². The summed E-state index contributed by atoms with van der Waals surface area (Å²) < 4.78 is 2.72. The molecule has 1 nitrogen and oxygen atoms in total. The van der Waals surface area contributed by atoms with Gasteiger partial charge in [0.05, 0.1) is 0 Å². The Morgan fingerprint density at radius 1 is 0.279 bits per heavy atom. The van der Waals surface area contributed by atoms with Crippen molar-refractivity contribution < 1.29 is 0 Å². The minimum absolute atomic E-state index is 0.0428. The van der Waals surface area contributed by atoms with E-state index in [1.807, 2.05) is 11.3 Å². The Morgan fingerprint density at radius 3 is 1.32 bits per heavy atom. The van der Waals surface area contributed by atoms with E-state index in [9.17, 15) is 0 Å². The summed E-state index contributed by atoms with van der Waals surface area (Å²) in [6, 6.07) is 83.9. The molecule has 0 radical (unpaired) electrons. The number of nitrogens with one attached hydrogen (secondary N) is 1. The second-order valence-corrected chi connectivity index (χ2v) is 20.5. The van der Waals surface area contributed by atoms with Crippen molar-refractivity contribution in [3.05, 3.63) is 253 Å². The molecule has 326 valence electrons. The summed E-state index contributed by atoms with van der Waals surface area (Å²) in [7, 11) is 0. The molecule has 10 aromatic carbocycles. The quantitative estimate of drug-likeness (QED) is 0.175. The first-order valence-corrected chi connectivity index (χ1v) is 24.5. The van der Waals surface area contributed by atoms with Gasteiger partial charge in [-0.1, -0.05) is 204 Å². The van der Waals surface area contributed by atoms with Crippen LogP contribution in [0.15, 0.2) is 231 Å². The molecule has 2 aliphatic rings. The van der Waals surface area contributed by atoms with Crippen LogP contribution in [-0.4, -0.2) is 0 Å². The second kappa shape index (κ2) is 16.5. The number of hydrogen-bond acceptors (Lipinski definition) is 2. The maximum absolute atomic E-state index is 3.64. The van der Waals surface area contributed by atoms with Crippen LogP contribution in [0, 0.1) is 0 Å². The van der Waals surface area contributed by atoms with E-state index in [-0.39, 0.29) is 10.8 Å². The monoisotopic (exact) mass is 889 g/mol. The Balaban J connectivity index is 0.000000150. The minimum Gasteiger partial charge on any atom is -0.356 e. The van der Waals surface area contributed by atoms with Gasteiger partial charge in [0.2, 0.25) is 0 Å². The van der Waals surface area contributed by atoms with Gasteiger partial charge in [-0.25, -0.2) is 0 Å². The van der Waals surface area contributed by atoms with Crippen LogP contribution in [0.25, 0.3) is 86.9 Å². The molecule has 0 aliphatic heterocycles. The fourth-order valence-corrected chi connectivity index (χ4v) is 11.9. The molecule has 0 bridgehead atoms. The van der Waals surface area contributed by atoms with Gasteiger partial charge in [0, 0.05) is 42.4 Å². The molecule has 1 heterocycles. The molecule has 0 saturated heterocycles. The fraction of sp³-hybridized carbons (Fsp3) is 0.0909. The highest BCUT2D eigenvalue weighted by molar-refractivity contribution is 7.25. The Morgan fingerprint density at radius 2 is 0.676 bits per heavy atom. The van der Waals surface area contributed by atoms with E-state index >= 15 is 0 Å². The number of benzene rings is 10. The lowest BCUT2D eigenvalue weighted by Crippen LogP contribution is -2.15. The van der Waals surface area contributed by atoms with Gasteiger partial charge in [0.25, 0.3) is 0 Å². The fourth-order valence-electron chi connectivity index (χ4n) is 10.8. The Labute approximate surface area is 404 Å². The Bertz CT molecular complexity index is 3670. The Kier molecular flexibility index (Phi) is 10.1. The van der Waals surface area contributed by atoms with Crippen molar-refractivity contribution in [3.63, 3.8) is 0 Å². The molecule has 0 saturated carbocycles. The molecule has 2 aliphatic carbocycles. The van der Waals surface area contributed by atoms with Crippen LogP contribution < -0.4 is 5.32 Å². The van der Waals surface area contributed by atoms with Gasteiger partial charge in [0.1, 0.15) is 0 Å². The Hall–Kier alpha value is -7.78. The third-order valence-corrected chi connectivity index (χ3v) is 15.7. The van der Waals surface area contributed by atoms with Crippen LogP contribution in [0.2, 0.25) is 0 Å². The zero-order chi connectivity index (χ0) is 46.0. The van der Waals surface area contributed by atoms with Gasteiger partial charge in [-0.15, -0.1) is 11.3 Å². The van der Waals surface area contributed by atoms with Crippen LogP contribution >= 0.6 is 11.3 Å². The standard InChI is InChI=1S/C39H31N.C27H20S/c1-39(2)37-25-32(28-11-7-4-8-12-28)19-23-35(37)36-24-22-34(26-38(36)39)40-33-20-17-31(18-21-33)30-15-13-29(14-16-30)27-9-5-3-6-10-27;1-27(2)23-9-5-3-7-19(23)20-13-11-18(16-24(20)27)17-12-14-26-22(15-17)21-8-4-6-10-25(21)28-26/h3-26,40H,1-2H3;3-16H,1-2H3. The summed E-state index contributed by atoms with van der Waals surface area (Å²) >= 11 is 1.88. The highest BCUT2D eigenvalue weighted by Crippen LogP contribution is 2.52. The SMILES string of the molecule is CC1(C)c2cc(Nc3ccc(-c4ccc(-c5ccccc5)cc4)cc3)ccc2-c2ccc(-c3ccccc3)cc21.CC1(C)c2ccccc2-c2ccc(-c3ccc4sc5ccccc5c4c3)cc21. The molecular formula is C66H51NS. The number of fused-ring (bicyclic) bond motifs is 9. The summed E-state index contributed by atoms with van der Waals surface area (Å²) in [5.74, 6) is 0. The molecule has 11 aromatic rings. The summed E-state index contributed by atoms with van der Waals surface area (Å²) in [6.07, 6.45) is 0. The molecule has 68 heavy (non-hydrogen) atoms. The average molecular weight is 890 g/mol. The van der Waals surface area contributed by atoms with Gasteiger partial charge in [-0.2, -0.15) is 0 Å². The predicted octanol–water partition coefficient (Wildman–Crippen LogP) is 18.8. The molecular weight excluding hydrogens is 839 g/mol. The summed E-state index contributed by atoms with van der Waals surface area (Å²) in [4.78, 5) is 0. The predicted molar refractivity (Wildman–Crippen MR) is 292 cm³/mol. The van der Waals surface area contributed by atoms with E-state index < -0.39 is 0 Å². The molecule has 1 aromatic heterocycles. The van der Waals surface area contributed by atoms with E-state index in [1.54, 1.807) is 0 Å². The van der Waals surface area contributed by atoms with E-state index in [2.05, 4.69) is 264 Å². The van der Waals surface area contributed by atoms with Crippen LogP contribution in [0.4, 0.5) is 11.4 Å². The zero-order valence-corrected chi connectivity index (χ0v) is 39.7. The normalized spacial score (nSPS) is 13.5. The van der Waals surface area contributed by atoms with Crippen molar-refractivity contribution in [2.24, 2.45) is 0 Å². The highest BCUT2D eigenvalue weighted by atomic mass is 32.1. The maximum Gasteiger partial charge on any atom is 0.0387 e. The molecule has 13 rings (SSSR count). The molecule has 0 amide bonds. The molecule has 2 heteroatoms. The third-order valence-electron chi connectivity index (χ3n) is 14.6. The van der Waals surface area contributed by atoms with Crippen LogP contribution in [-0.2, 0) is 10.8 Å². The summed E-state index contributed by atoms with van der Waals surface area (Å²) in [5.41, 5.74) is 23.3. The third kappa shape index (κ3) is 7.24. The number of hydrogen-bond donors (Lipinski definition) is 1. The van der Waals surface area contributed by atoms with Crippen molar-refractivity contribution in [3.8, 4) is 66.8 Å². The van der Waals surface area contributed by atoms with Gasteiger partial charge in [-0.05, 0) is 144 Å². The van der Waals surface area contributed by atoms with Crippen molar-refractivity contribution in [1.82, 2.24) is 0 Å². The second-order valence-electron chi connectivity index (χ2n) is 19.4. The highest BCUT2D eigenvalue weighted by Gasteiger charge is 2.37. The number of rotatable bonds is 6. The number of anilines is 2. The van der Waals surface area contributed by atoms with E-state index in [0.29, 0.717) is 0 Å². The average Bonchev–Trinajstić information content (AvgIpc) is 3.96. The van der Waals surface area contributed by atoms with Crippen LogP contribution in [0.1, 0.15) is 49.9 Å². The van der Waals surface area contributed by atoms with Crippen LogP contribution in [0.5, 0.6) is 0 Å². The first kappa shape index (κ1) is 41.6. The lowest BCUT2D eigenvalue weighted by atomic mass is 9.81. The first-order chi connectivity index (χ1) is 33.2. The molecule has 0 fully saturated rings. The lowest BCUT2D eigenvalue weighted by molar-refractivity contribution is 0.660. The van der Waals surface area contributed by atoms with Gasteiger partial charge >= 0.3 is 0 Å². The van der Waals surface area contributed by atoms with Crippen LogP contribution in [0.3, 0.4) is 0 Å². The topological polar surface area (TPSA) is 12.0 Å². The largest absolute Gasteiger partial charge is 0.356 e. The van der Waals surface area contributed by atoms with Gasteiger partial charge in [0.15, 0.2) is 0 Å². The van der Waals surface area contributed by atoms with Crippen molar-refractivity contribution in [2.75, 3.05) is 5.32 Å². The molecule has 0 atom stereocenters. The smallest absolute Gasteiger partial charge is 0.0387 e. The van der Waals surface area contributed by atoms with E-state index in [0.717, 1.165) is 11.4 Å². The maximum atomic E-state index is 3.64. The molecule has 1 N–H and O–H groups in total. The van der Waals surface area contributed by atoms with E-state index in [1.165, 1.54) is 109 Å². The lowest BCUT2D eigenvalue weighted by Gasteiger charge is -2.23. The van der Waals surface area contributed by atoms with Gasteiger partial charge < -0.3 is 5.32 Å². The minimum atomic E-state index is -0.0666. The van der Waals surface area contributed by atoms with Crippen molar-refractivity contribution >= 4 is 42.9 Å². The summed E-state index contributed by atoms with van der Waals surface area (Å²) in [6.45, 7) is 9.37. The molecule has 0 spiro atoms. The summed E-state index contributed by atoms with van der Waals surface area (Å²) in [5, 5.41) is 6.37. The molecule has 0 unspecified atom stereocenters. The van der Waals surface area contributed by atoms with E-state index in [4.69, 9.17) is 0 Å². The van der Waals surface area contributed by atoms with Crippen molar-refractivity contribution in [1.29, 1.82) is 0 Å². The van der Waals surface area contributed by atoms with Gasteiger partial charge in [-0.3, -0.25) is 0 Å². The zero-order valence-electron chi connectivity index (χ0n) is 38.8. The number of thiophene rings is 1. The first-order valence-electron chi connectivity index (χ1n) is 23.7.